The number of carboxylic acid groups (broad SMARTS) is 1. The topological polar surface area (TPSA) is 529 Å². The highest BCUT2D eigenvalue weighted by Gasteiger charge is 2.36. The van der Waals surface area contributed by atoms with Crippen LogP contribution in [-0.2, 0) is 75.2 Å². The highest BCUT2D eigenvalue weighted by Crippen LogP contribution is 2.13. The first kappa shape index (κ1) is 64.3. The summed E-state index contributed by atoms with van der Waals surface area (Å²) in [6.45, 7) is 0.747. The summed E-state index contributed by atoms with van der Waals surface area (Å²) >= 11 is 0. The Labute approximate surface area is 440 Å². The predicted octanol–water partition coefficient (Wildman–Crippen LogP) is -7.61. The fourth-order valence-electron chi connectivity index (χ4n) is 7.01. The number of nitrogens with one attached hydrogen (secondary N) is 8. The van der Waals surface area contributed by atoms with E-state index >= 15 is 0 Å². The number of aromatic hydroxyl groups is 1. The Hall–Kier alpha value is -8.77. The van der Waals surface area contributed by atoms with Crippen LogP contribution < -0.4 is 71.2 Å². The first-order valence-corrected chi connectivity index (χ1v) is 23.7. The van der Waals surface area contributed by atoms with Gasteiger partial charge in [0.15, 0.2) is 0 Å². The van der Waals surface area contributed by atoms with E-state index in [9.17, 15) is 82.8 Å². The van der Waals surface area contributed by atoms with Gasteiger partial charge in [0, 0.05) is 25.7 Å². The molecule has 0 radical (unpaired) electrons. The average molecular weight is 1090 g/mol. The molecule has 0 heterocycles. The molecule has 2 aromatic rings. The van der Waals surface area contributed by atoms with Gasteiger partial charge in [0.2, 0.25) is 70.9 Å². The maximum Gasteiger partial charge on any atom is 0.326 e. The minimum atomic E-state index is -2.01. The highest BCUT2D eigenvalue weighted by molar-refractivity contribution is 6.00. The number of amides is 12. The number of aliphatic carboxylic acids is 1. The van der Waals surface area contributed by atoms with E-state index in [2.05, 4.69) is 42.5 Å². The molecule has 2 rings (SSSR count). The lowest BCUT2D eigenvalue weighted by Crippen LogP contribution is -2.61. The lowest BCUT2D eigenvalue weighted by Gasteiger charge is -2.27. The van der Waals surface area contributed by atoms with E-state index in [0.29, 0.717) is 11.1 Å². The van der Waals surface area contributed by atoms with Gasteiger partial charge in [0.1, 0.15) is 54.1 Å². The van der Waals surface area contributed by atoms with Gasteiger partial charge in [-0.25, -0.2) is 4.79 Å². The van der Waals surface area contributed by atoms with Crippen LogP contribution in [0.15, 0.2) is 54.6 Å². The van der Waals surface area contributed by atoms with E-state index < -0.39 is 176 Å². The third kappa shape index (κ3) is 23.1. The van der Waals surface area contributed by atoms with E-state index in [4.69, 9.17) is 28.7 Å². The van der Waals surface area contributed by atoms with Crippen LogP contribution in [0, 0.1) is 5.92 Å². The van der Waals surface area contributed by atoms with Gasteiger partial charge in [-0.05, 0) is 42.0 Å². The molecule has 0 bridgehead atoms. The van der Waals surface area contributed by atoms with Crippen molar-refractivity contribution in [3.05, 3.63) is 65.7 Å². The minimum absolute atomic E-state index is 0.137. The number of hydrogen-bond donors (Lipinski definition) is 17. The summed E-state index contributed by atoms with van der Waals surface area (Å²) < 4.78 is 0. The van der Waals surface area contributed by atoms with E-state index in [0.717, 1.165) is 0 Å². The molecular weight excluding hydrogens is 1020 g/mol. The number of nitrogens with two attached hydrogens (primary N) is 5. The van der Waals surface area contributed by atoms with Crippen molar-refractivity contribution in [2.45, 2.75) is 120 Å². The number of benzene rings is 2. The SMILES string of the molecule is CC(C)[C@H](NC(=O)[C@H](Cc1ccccc1)NC(=O)[C@H](CO)NC(=O)[C@H](CC(N)=O)NC(=O)[C@H](CCC(N)=O)NC(=O)[C@H](CC(N)=O)NC(=O)[C@H](CO)NC(=O)[C@H](Cc1ccc(O)cc1)NC(=O)[C@@H](N)CCC(N)=O)C(=O)O. The number of carboxylic acids is 1. The second-order valence-electron chi connectivity index (χ2n) is 17.9. The number of aliphatic hydroxyl groups is 2. The van der Waals surface area contributed by atoms with Gasteiger partial charge in [-0.1, -0.05) is 56.3 Å². The molecule has 22 N–H and O–H groups in total. The van der Waals surface area contributed by atoms with Crippen LogP contribution in [0.3, 0.4) is 0 Å². The van der Waals surface area contributed by atoms with Crippen LogP contribution in [0.4, 0.5) is 0 Å². The summed E-state index contributed by atoms with van der Waals surface area (Å²) in [5.74, 6) is -15.8. The number of phenols is 1. The Balaban J connectivity index is 2.37. The average Bonchev–Trinajstić information content (AvgIpc) is 3.35. The normalized spacial score (nSPS) is 14.4. The zero-order valence-corrected chi connectivity index (χ0v) is 42.0. The second-order valence-corrected chi connectivity index (χ2v) is 17.9. The van der Waals surface area contributed by atoms with E-state index in [1.54, 1.807) is 30.3 Å². The standard InChI is InChI=1S/C47H67N13O17/c1-22(2)38(47(76)77)60-44(73)29(16-23-6-4-3-5-7-23)55-45(74)32(20-61)59-43(72)31(19-37(52)67)56-40(69)27(13-15-35(50)65)53-42(71)30(18-36(51)66)57-46(75)33(21-62)58-41(70)28(17-24-8-10-25(63)11-9-24)54-39(68)26(48)12-14-34(49)64/h3-11,22,26-33,38,61-63H,12-21,48H2,1-2H3,(H2,49,64)(H2,50,65)(H2,51,66)(H2,52,67)(H,53,71)(H,54,68)(H,55,74)(H,56,69)(H,57,75)(H,58,70)(H,59,72)(H,60,73)(H,76,77)/t26-,27-,28-,29-,30-,31-,32-,33-,38-/m0/s1. The van der Waals surface area contributed by atoms with Gasteiger partial charge in [-0.3, -0.25) is 57.5 Å². The zero-order valence-electron chi connectivity index (χ0n) is 42.0. The fourth-order valence-corrected chi connectivity index (χ4v) is 7.01. The van der Waals surface area contributed by atoms with Crippen LogP contribution in [0.25, 0.3) is 0 Å². The van der Waals surface area contributed by atoms with Gasteiger partial charge < -0.3 is 91.6 Å². The molecular formula is C47H67N13O17. The number of aliphatic hydroxyl groups excluding tert-OH is 2. The van der Waals surface area contributed by atoms with Gasteiger partial charge in [-0.15, -0.1) is 0 Å². The summed E-state index contributed by atoms with van der Waals surface area (Å²) in [6, 6.07) is -1.96. The van der Waals surface area contributed by atoms with Crippen molar-refractivity contribution >= 4 is 76.9 Å². The van der Waals surface area contributed by atoms with Gasteiger partial charge in [0.25, 0.3) is 0 Å². The van der Waals surface area contributed by atoms with Crippen LogP contribution in [-0.4, -0.2) is 165 Å². The van der Waals surface area contributed by atoms with E-state index in [-0.39, 0.29) is 31.4 Å². The van der Waals surface area contributed by atoms with Gasteiger partial charge >= 0.3 is 5.97 Å². The third-order valence-electron chi connectivity index (χ3n) is 11.2. The molecule has 0 aliphatic heterocycles. The molecule has 0 unspecified atom stereocenters. The number of phenolic OH excluding ortho intramolecular Hbond substituents is 1. The van der Waals surface area contributed by atoms with Crippen LogP contribution in [0.1, 0.15) is 63.5 Å². The number of rotatable bonds is 34. The summed E-state index contributed by atoms with van der Waals surface area (Å²) in [6.07, 6.45) is -4.24. The first-order chi connectivity index (χ1) is 36.1. The predicted molar refractivity (Wildman–Crippen MR) is 267 cm³/mol. The highest BCUT2D eigenvalue weighted by atomic mass is 16.4. The number of primary amides is 4. The summed E-state index contributed by atoms with van der Waals surface area (Å²) in [5.41, 5.74) is 27.9. The molecule has 30 nitrogen and oxygen atoms in total. The molecule has 0 fully saturated rings. The smallest absolute Gasteiger partial charge is 0.326 e. The van der Waals surface area contributed by atoms with Crippen LogP contribution >= 0.6 is 0 Å². The molecule has 30 heteroatoms. The zero-order chi connectivity index (χ0) is 58.1. The molecule has 0 aromatic heterocycles. The summed E-state index contributed by atoms with van der Waals surface area (Å²) in [7, 11) is 0. The van der Waals surface area contributed by atoms with E-state index in [1.165, 1.54) is 38.1 Å². The minimum Gasteiger partial charge on any atom is -0.508 e. The maximum atomic E-state index is 13.8. The molecule has 9 atom stereocenters. The second kappa shape index (κ2) is 31.8. The Morgan fingerprint density at radius 2 is 0.792 bits per heavy atom. The quantitative estimate of drug-likeness (QED) is 0.0310. The van der Waals surface area contributed by atoms with Gasteiger partial charge in [-0.2, -0.15) is 0 Å². The van der Waals surface area contributed by atoms with Crippen LogP contribution in [0.5, 0.6) is 5.75 Å². The lowest BCUT2D eigenvalue weighted by molar-refractivity contribution is -0.143. The third-order valence-corrected chi connectivity index (χ3v) is 11.2. The lowest BCUT2D eigenvalue weighted by atomic mass is 10.0. The molecule has 0 saturated heterocycles. The maximum absolute atomic E-state index is 13.8. The molecule has 2 aromatic carbocycles. The molecule has 0 aliphatic carbocycles. The van der Waals surface area contributed by atoms with Crippen molar-refractivity contribution in [3.63, 3.8) is 0 Å². The molecule has 0 saturated carbocycles. The molecule has 422 valence electrons. The molecule has 0 spiro atoms. The Morgan fingerprint density at radius 3 is 1.21 bits per heavy atom. The monoisotopic (exact) mass is 1090 g/mol. The number of carbonyl (C=O) groups is 13. The van der Waals surface area contributed by atoms with Crippen molar-refractivity contribution in [1.82, 2.24) is 42.5 Å². The van der Waals surface area contributed by atoms with Crippen molar-refractivity contribution in [2.24, 2.45) is 34.6 Å². The Morgan fingerprint density at radius 1 is 0.442 bits per heavy atom. The van der Waals surface area contributed by atoms with Crippen molar-refractivity contribution in [3.8, 4) is 5.75 Å². The molecule has 12 amide bonds. The number of carbonyl (C=O) groups excluding carboxylic acids is 12. The molecule has 77 heavy (non-hydrogen) atoms. The Kier molecular flexibility index (Phi) is 26.6. The van der Waals surface area contributed by atoms with Crippen molar-refractivity contribution in [2.75, 3.05) is 13.2 Å². The number of hydrogen-bond acceptors (Lipinski definition) is 17. The molecule has 0 aliphatic rings. The van der Waals surface area contributed by atoms with Gasteiger partial charge in [0.05, 0.1) is 32.1 Å². The Bertz CT molecular complexity index is 2450. The fraction of sp³-hybridized carbons (Fsp3) is 0.468. The van der Waals surface area contributed by atoms with Crippen molar-refractivity contribution < 1.29 is 82.8 Å². The largest absolute Gasteiger partial charge is 0.508 e. The van der Waals surface area contributed by atoms with Crippen molar-refractivity contribution in [1.29, 1.82) is 0 Å². The summed E-state index contributed by atoms with van der Waals surface area (Å²) in [5, 5.41) is 57.6. The van der Waals surface area contributed by atoms with Crippen LogP contribution in [0.2, 0.25) is 0 Å². The van der Waals surface area contributed by atoms with E-state index in [1.807, 2.05) is 0 Å². The first-order valence-electron chi connectivity index (χ1n) is 23.7. The summed E-state index contributed by atoms with van der Waals surface area (Å²) in [4.78, 5) is 168.